The van der Waals surface area contributed by atoms with Crippen LogP contribution in [-0.2, 0) is 9.22 Å². The Balaban J connectivity index is 2.76. The average molecular weight is 337 g/mol. The number of unbranched alkanes of at least 4 members (excludes halogenated alkanes) is 4. The first-order valence-corrected chi connectivity index (χ1v) is 12.1. The van der Waals surface area contributed by atoms with Crippen molar-refractivity contribution in [2.45, 2.75) is 71.0 Å². The summed E-state index contributed by atoms with van der Waals surface area (Å²) in [5.41, 5.74) is 1.03. The van der Waals surface area contributed by atoms with Crippen LogP contribution in [0.25, 0.3) is 0 Å². The van der Waals surface area contributed by atoms with Crippen LogP contribution in [0.5, 0.6) is 5.75 Å². The minimum atomic E-state index is -1.87. The molecule has 0 aliphatic heterocycles. The van der Waals surface area contributed by atoms with Gasteiger partial charge in [0.15, 0.2) is 0 Å². The molecule has 1 rings (SSSR count). The molecule has 0 heterocycles. The lowest BCUT2D eigenvalue weighted by atomic mass is 9.93. The lowest BCUT2D eigenvalue weighted by Crippen LogP contribution is -2.32. The molecule has 1 unspecified atom stereocenters. The average Bonchev–Trinajstić information content (AvgIpc) is 2.49. The highest BCUT2D eigenvalue weighted by molar-refractivity contribution is 6.71. The fourth-order valence-electron chi connectivity index (χ4n) is 2.58. The zero-order valence-electron chi connectivity index (χ0n) is 15.4. The topological polar surface area (TPSA) is 35.5 Å². The van der Waals surface area contributed by atoms with Crippen molar-refractivity contribution in [3.63, 3.8) is 0 Å². The number of ether oxygens (including phenoxy) is 1. The highest BCUT2D eigenvalue weighted by Crippen LogP contribution is 2.27. The smallest absolute Gasteiger partial charge is 0.300 e. The molecule has 1 aromatic rings. The van der Waals surface area contributed by atoms with E-state index in [9.17, 15) is 4.79 Å². The molecule has 0 saturated heterocycles. The predicted molar refractivity (Wildman–Crippen MR) is 98.5 cm³/mol. The quantitative estimate of drug-likeness (QED) is 0.417. The Morgan fingerprint density at radius 2 is 1.65 bits per heavy atom. The van der Waals surface area contributed by atoms with E-state index >= 15 is 0 Å². The summed E-state index contributed by atoms with van der Waals surface area (Å²) in [5, 5.41) is 0. The Morgan fingerprint density at radius 3 is 2.17 bits per heavy atom. The van der Waals surface area contributed by atoms with E-state index in [-0.39, 0.29) is 11.9 Å². The second kappa shape index (κ2) is 9.76. The Bertz CT molecular complexity index is 462. The lowest BCUT2D eigenvalue weighted by Gasteiger charge is -2.23. The second-order valence-electron chi connectivity index (χ2n) is 7.06. The van der Waals surface area contributed by atoms with E-state index in [2.05, 4.69) is 26.6 Å². The summed E-state index contributed by atoms with van der Waals surface area (Å²) in [6.45, 7) is 8.37. The van der Waals surface area contributed by atoms with Crippen molar-refractivity contribution in [2.24, 2.45) is 0 Å². The monoisotopic (exact) mass is 336 g/mol. The van der Waals surface area contributed by atoms with Crippen LogP contribution < -0.4 is 4.74 Å². The normalized spacial score (nSPS) is 12.7. The third-order valence-corrected chi connectivity index (χ3v) is 4.62. The van der Waals surface area contributed by atoms with Gasteiger partial charge in [-0.25, -0.2) is 0 Å². The van der Waals surface area contributed by atoms with Crippen molar-refractivity contribution in [2.75, 3.05) is 7.11 Å². The molecule has 130 valence electrons. The number of rotatable bonds is 10. The Kier molecular flexibility index (Phi) is 8.38. The molecule has 0 aliphatic rings. The molecule has 0 aliphatic carbocycles. The first kappa shape index (κ1) is 19.8. The molecule has 3 nitrogen and oxygen atoms in total. The van der Waals surface area contributed by atoms with Gasteiger partial charge in [-0.2, -0.15) is 0 Å². The van der Waals surface area contributed by atoms with E-state index in [1.54, 1.807) is 7.11 Å². The molecule has 0 saturated carbocycles. The number of carbonyl (C=O) groups is 1. The summed E-state index contributed by atoms with van der Waals surface area (Å²) >= 11 is 0. The summed E-state index contributed by atoms with van der Waals surface area (Å²) in [7, 11) is -0.216. The van der Waals surface area contributed by atoms with Gasteiger partial charge < -0.3 is 9.16 Å². The minimum absolute atomic E-state index is 0.0650. The Labute approximate surface area is 142 Å². The van der Waals surface area contributed by atoms with Crippen molar-refractivity contribution >= 4 is 14.3 Å². The van der Waals surface area contributed by atoms with Gasteiger partial charge in [-0.05, 0) is 43.8 Å². The van der Waals surface area contributed by atoms with E-state index < -0.39 is 8.32 Å². The number of benzene rings is 1. The maximum absolute atomic E-state index is 12.6. The van der Waals surface area contributed by atoms with Crippen molar-refractivity contribution in [3.05, 3.63) is 29.8 Å². The van der Waals surface area contributed by atoms with Crippen molar-refractivity contribution in [1.29, 1.82) is 0 Å². The molecular formula is C19H32O3Si. The van der Waals surface area contributed by atoms with E-state index in [0.29, 0.717) is 0 Å². The standard InChI is InChI=1S/C19H32O3Si/c1-6-7-8-9-10-11-18(19(20)22-23(3,4)5)16-12-14-17(21-2)15-13-16/h12-15,18H,6-11H2,1-5H3. The molecule has 0 aromatic heterocycles. The summed E-state index contributed by atoms with van der Waals surface area (Å²) in [6.07, 6.45) is 6.86. The SMILES string of the molecule is CCCCCCCC(C(=O)O[Si](C)(C)C)c1ccc(OC)cc1. The van der Waals surface area contributed by atoms with Gasteiger partial charge in [-0.15, -0.1) is 0 Å². The van der Waals surface area contributed by atoms with Gasteiger partial charge in [0, 0.05) is 0 Å². The van der Waals surface area contributed by atoms with Gasteiger partial charge >= 0.3 is 0 Å². The molecule has 0 N–H and O–H groups in total. The molecule has 0 bridgehead atoms. The summed E-state index contributed by atoms with van der Waals surface area (Å²) in [4.78, 5) is 12.6. The maximum atomic E-state index is 12.6. The van der Waals surface area contributed by atoms with Gasteiger partial charge in [-0.1, -0.05) is 51.2 Å². The molecule has 4 heteroatoms. The van der Waals surface area contributed by atoms with Crippen molar-refractivity contribution < 1.29 is 14.0 Å². The third kappa shape index (κ3) is 7.69. The predicted octanol–water partition coefficient (Wildman–Crippen LogP) is 5.52. The molecule has 1 atom stereocenters. The van der Waals surface area contributed by atoms with Gasteiger partial charge in [0.25, 0.3) is 5.97 Å². The number of methoxy groups -OCH3 is 1. The largest absolute Gasteiger partial charge is 0.519 e. The van der Waals surface area contributed by atoms with Crippen LogP contribution in [0.15, 0.2) is 24.3 Å². The van der Waals surface area contributed by atoms with Gasteiger partial charge in [-0.3, -0.25) is 4.79 Å². The first-order valence-electron chi connectivity index (χ1n) is 8.74. The van der Waals surface area contributed by atoms with Gasteiger partial charge in [0.2, 0.25) is 8.32 Å². The molecule has 23 heavy (non-hydrogen) atoms. The molecule has 0 radical (unpaired) electrons. The molecule has 0 fully saturated rings. The Morgan fingerprint density at radius 1 is 1.04 bits per heavy atom. The van der Waals surface area contributed by atoms with E-state index in [1.165, 1.54) is 25.7 Å². The van der Waals surface area contributed by atoms with E-state index in [1.807, 2.05) is 24.3 Å². The zero-order chi connectivity index (χ0) is 17.3. The van der Waals surface area contributed by atoms with Gasteiger partial charge in [0.1, 0.15) is 5.75 Å². The van der Waals surface area contributed by atoms with Crippen LogP contribution in [0.3, 0.4) is 0 Å². The molecular weight excluding hydrogens is 304 g/mol. The number of hydrogen-bond donors (Lipinski definition) is 0. The molecule has 0 spiro atoms. The van der Waals surface area contributed by atoms with Crippen molar-refractivity contribution in [3.8, 4) is 5.75 Å². The van der Waals surface area contributed by atoms with Crippen LogP contribution in [0, 0.1) is 0 Å². The lowest BCUT2D eigenvalue weighted by molar-refractivity contribution is -0.137. The van der Waals surface area contributed by atoms with Gasteiger partial charge in [0.05, 0.1) is 13.0 Å². The molecule has 1 aromatic carbocycles. The summed E-state index contributed by atoms with van der Waals surface area (Å²) in [5.74, 6) is 0.591. The highest BCUT2D eigenvalue weighted by atomic mass is 28.4. The first-order chi connectivity index (χ1) is 10.9. The van der Waals surface area contributed by atoms with Crippen LogP contribution >= 0.6 is 0 Å². The highest BCUT2D eigenvalue weighted by Gasteiger charge is 2.27. The Hall–Kier alpha value is -1.29. The number of carbonyl (C=O) groups excluding carboxylic acids is 1. The second-order valence-corrected chi connectivity index (χ2v) is 11.5. The summed E-state index contributed by atoms with van der Waals surface area (Å²) in [6, 6.07) is 7.81. The fraction of sp³-hybridized carbons (Fsp3) is 0.632. The zero-order valence-corrected chi connectivity index (χ0v) is 16.4. The maximum Gasteiger partial charge on any atom is 0.300 e. The van der Waals surface area contributed by atoms with E-state index in [0.717, 1.165) is 24.2 Å². The third-order valence-electron chi connectivity index (χ3n) is 3.81. The molecule has 0 amide bonds. The van der Waals surface area contributed by atoms with Crippen LogP contribution in [0.2, 0.25) is 19.6 Å². The van der Waals surface area contributed by atoms with E-state index in [4.69, 9.17) is 9.16 Å². The summed E-state index contributed by atoms with van der Waals surface area (Å²) < 4.78 is 11.0. The van der Waals surface area contributed by atoms with Crippen molar-refractivity contribution in [1.82, 2.24) is 0 Å². The number of hydrogen-bond acceptors (Lipinski definition) is 3. The minimum Gasteiger partial charge on any atom is -0.519 e. The van der Waals surface area contributed by atoms with Crippen LogP contribution in [0.4, 0.5) is 0 Å². The fourth-order valence-corrected chi connectivity index (χ4v) is 3.33. The van der Waals surface area contributed by atoms with Crippen LogP contribution in [-0.4, -0.2) is 21.4 Å². The van der Waals surface area contributed by atoms with Crippen LogP contribution in [0.1, 0.15) is 56.9 Å².